The van der Waals surface area contributed by atoms with Crippen LogP contribution in [-0.4, -0.2) is 22.4 Å². The number of hydrogen-bond acceptors (Lipinski definition) is 5. The lowest BCUT2D eigenvalue weighted by Crippen LogP contribution is -2.04. The van der Waals surface area contributed by atoms with Crippen molar-refractivity contribution in [2.24, 2.45) is 0 Å². The largest absolute Gasteiger partial charge is 0.302 e. The summed E-state index contributed by atoms with van der Waals surface area (Å²) in [6.45, 7) is 1.39. The number of thiol groups is 1. The quantitative estimate of drug-likeness (QED) is 0.590. The van der Waals surface area contributed by atoms with Gasteiger partial charge in [-0.2, -0.15) is 12.6 Å². The van der Waals surface area contributed by atoms with E-state index < -0.39 is 0 Å². The summed E-state index contributed by atoms with van der Waals surface area (Å²) in [6.07, 6.45) is 1.44. The van der Waals surface area contributed by atoms with Gasteiger partial charge in [0.1, 0.15) is 0 Å². The van der Waals surface area contributed by atoms with Gasteiger partial charge in [0.05, 0.1) is 16.8 Å². The Labute approximate surface area is 84.8 Å². The maximum atomic E-state index is 11.1. The van der Waals surface area contributed by atoms with Gasteiger partial charge in [0.25, 0.3) is 0 Å². The van der Waals surface area contributed by atoms with Crippen LogP contribution in [-0.2, 0) is 4.79 Å². The normalized spacial score (nSPS) is 9.69. The van der Waals surface area contributed by atoms with E-state index >= 15 is 0 Å². The van der Waals surface area contributed by atoms with Crippen LogP contribution < -0.4 is 5.32 Å². The molecule has 0 saturated carbocycles. The van der Waals surface area contributed by atoms with Gasteiger partial charge in [0.2, 0.25) is 5.91 Å². The lowest BCUT2D eigenvalue weighted by molar-refractivity contribution is -0.114. The Morgan fingerprint density at radius 1 is 1.69 bits per heavy atom. The zero-order chi connectivity index (χ0) is 9.84. The Hall–Kier alpha value is -0.880. The third kappa shape index (κ3) is 2.82. The summed E-state index contributed by atoms with van der Waals surface area (Å²) >= 11 is 5.00. The topological polar surface area (TPSA) is 59.1 Å². The smallest absolute Gasteiger partial charge is 0.223 e. The molecule has 1 aromatic heterocycles. The summed E-state index contributed by atoms with van der Waals surface area (Å²) in [4.78, 5) is 26.1. The molecule has 13 heavy (non-hydrogen) atoms. The fraction of sp³-hybridized carbons (Fsp3) is 0.286. The van der Waals surface area contributed by atoms with E-state index in [9.17, 15) is 9.59 Å². The number of aromatic nitrogens is 1. The highest BCUT2D eigenvalue weighted by Gasteiger charge is 2.08. The molecule has 4 nitrogen and oxygen atoms in total. The summed E-state index contributed by atoms with van der Waals surface area (Å²) in [6, 6.07) is 0. The number of carbonyl (C=O) groups excluding carboxylic acids is 2. The summed E-state index contributed by atoms with van der Waals surface area (Å²) in [5.41, 5.74) is 0. The molecule has 1 amide bonds. The Kier molecular flexibility index (Phi) is 3.44. The molecule has 1 heterocycles. The summed E-state index contributed by atoms with van der Waals surface area (Å²) in [7, 11) is 0. The van der Waals surface area contributed by atoms with Crippen LogP contribution in [0, 0.1) is 0 Å². The van der Waals surface area contributed by atoms with Gasteiger partial charge in [-0.05, 0) is 0 Å². The van der Waals surface area contributed by atoms with Gasteiger partial charge < -0.3 is 5.32 Å². The number of anilines is 1. The Balaban J connectivity index is 2.74. The van der Waals surface area contributed by atoms with Crippen molar-refractivity contribution >= 4 is 40.8 Å². The Morgan fingerprint density at radius 3 is 2.92 bits per heavy atom. The minimum Gasteiger partial charge on any atom is -0.302 e. The van der Waals surface area contributed by atoms with Gasteiger partial charge in [0.15, 0.2) is 10.9 Å². The average Bonchev–Trinajstić information content (AvgIpc) is 2.50. The molecule has 0 spiro atoms. The SMILES string of the molecule is CC(=O)Nc1ncc(C(=O)CS)s1. The lowest BCUT2D eigenvalue weighted by atomic mass is 10.4. The van der Waals surface area contributed by atoms with Crippen LogP contribution in [0.3, 0.4) is 0 Å². The van der Waals surface area contributed by atoms with E-state index in [0.29, 0.717) is 10.0 Å². The molecule has 6 heteroatoms. The highest BCUT2D eigenvalue weighted by molar-refractivity contribution is 7.81. The molecule has 0 aliphatic carbocycles. The first-order valence-corrected chi connectivity index (χ1v) is 4.96. The van der Waals surface area contributed by atoms with Crippen molar-refractivity contribution in [3.63, 3.8) is 0 Å². The number of Topliss-reactive ketones (excluding diaryl/α,β-unsaturated/α-hetero) is 1. The third-order valence-corrected chi connectivity index (χ3v) is 2.45. The molecule has 1 N–H and O–H groups in total. The predicted molar refractivity (Wildman–Crippen MR) is 54.6 cm³/mol. The molecule has 0 aliphatic rings. The van der Waals surface area contributed by atoms with Crippen LogP contribution in [0.2, 0.25) is 0 Å². The highest BCUT2D eigenvalue weighted by Crippen LogP contribution is 2.18. The van der Waals surface area contributed by atoms with Gasteiger partial charge in [-0.25, -0.2) is 4.98 Å². The number of carbonyl (C=O) groups is 2. The minimum atomic E-state index is -0.195. The van der Waals surface area contributed by atoms with Crippen LogP contribution in [0.25, 0.3) is 0 Å². The lowest BCUT2D eigenvalue weighted by Gasteiger charge is -1.92. The summed E-state index contributed by atoms with van der Waals surface area (Å²) < 4.78 is 0. The van der Waals surface area contributed by atoms with Gasteiger partial charge in [-0.15, -0.1) is 0 Å². The van der Waals surface area contributed by atoms with E-state index in [0.717, 1.165) is 11.3 Å². The van der Waals surface area contributed by atoms with Gasteiger partial charge in [-0.1, -0.05) is 11.3 Å². The van der Waals surface area contributed by atoms with Crippen molar-refractivity contribution in [3.8, 4) is 0 Å². The van der Waals surface area contributed by atoms with E-state index in [1.54, 1.807) is 0 Å². The molecule has 0 atom stereocenters. The number of hydrogen-bond donors (Lipinski definition) is 2. The second-order valence-corrected chi connectivity index (χ2v) is 3.64. The molecule has 0 aromatic carbocycles. The van der Waals surface area contributed by atoms with E-state index in [4.69, 9.17) is 0 Å². The number of nitrogens with one attached hydrogen (secondary N) is 1. The van der Waals surface area contributed by atoms with E-state index in [1.165, 1.54) is 13.1 Å². The molecule has 0 radical (unpaired) electrons. The second kappa shape index (κ2) is 4.38. The average molecular weight is 216 g/mol. The maximum Gasteiger partial charge on any atom is 0.223 e. The standard InChI is InChI=1S/C7H8N2O2S2/c1-4(10)9-7-8-2-6(13-7)5(11)3-12/h2,12H,3H2,1H3,(H,8,9,10). The number of rotatable bonds is 3. The van der Waals surface area contributed by atoms with E-state index in [-0.39, 0.29) is 17.4 Å². The van der Waals surface area contributed by atoms with Gasteiger partial charge >= 0.3 is 0 Å². The number of thiazole rings is 1. The fourth-order valence-corrected chi connectivity index (χ4v) is 1.77. The molecule has 1 rings (SSSR count). The Bertz CT molecular complexity index is 335. The number of amides is 1. The molecular formula is C7H8N2O2S2. The van der Waals surface area contributed by atoms with Crippen LogP contribution in [0.15, 0.2) is 6.20 Å². The van der Waals surface area contributed by atoms with Crippen molar-refractivity contribution in [2.45, 2.75) is 6.92 Å². The monoisotopic (exact) mass is 216 g/mol. The first-order chi connectivity index (χ1) is 6.13. The molecule has 0 unspecified atom stereocenters. The number of ketones is 1. The summed E-state index contributed by atoms with van der Waals surface area (Å²) in [5.74, 6) is -0.126. The second-order valence-electron chi connectivity index (χ2n) is 2.29. The zero-order valence-corrected chi connectivity index (χ0v) is 8.61. The molecule has 0 saturated heterocycles. The first-order valence-electron chi connectivity index (χ1n) is 3.51. The van der Waals surface area contributed by atoms with Crippen molar-refractivity contribution in [1.29, 1.82) is 0 Å². The van der Waals surface area contributed by atoms with Crippen LogP contribution in [0.5, 0.6) is 0 Å². The molecule has 70 valence electrons. The van der Waals surface area contributed by atoms with E-state index in [2.05, 4.69) is 22.9 Å². The number of nitrogens with zero attached hydrogens (tertiary/aromatic N) is 1. The zero-order valence-electron chi connectivity index (χ0n) is 6.90. The first kappa shape index (κ1) is 10.2. The molecular weight excluding hydrogens is 208 g/mol. The summed E-state index contributed by atoms with van der Waals surface area (Å²) in [5, 5.41) is 2.94. The van der Waals surface area contributed by atoms with Crippen LogP contribution >= 0.6 is 24.0 Å². The minimum absolute atomic E-state index is 0.0857. The molecule has 0 bridgehead atoms. The Morgan fingerprint density at radius 2 is 2.38 bits per heavy atom. The molecule has 0 fully saturated rings. The fourth-order valence-electron chi connectivity index (χ4n) is 0.689. The van der Waals surface area contributed by atoms with Crippen molar-refractivity contribution < 1.29 is 9.59 Å². The molecule has 1 aromatic rings. The highest BCUT2D eigenvalue weighted by atomic mass is 32.1. The van der Waals surface area contributed by atoms with Gasteiger partial charge in [0, 0.05) is 6.92 Å². The van der Waals surface area contributed by atoms with Crippen molar-refractivity contribution in [2.75, 3.05) is 11.1 Å². The predicted octanol–water partition coefficient (Wildman–Crippen LogP) is 1.21. The van der Waals surface area contributed by atoms with Crippen molar-refractivity contribution in [1.82, 2.24) is 4.98 Å². The van der Waals surface area contributed by atoms with Gasteiger partial charge in [-0.3, -0.25) is 9.59 Å². The van der Waals surface area contributed by atoms with Crippen LogP contribution in [0.1, 0.15) is 16.6 Å². The maximum absolute atomic E-state index is 11.1. The molecule has 0 aliphatic heterocycles. The third-order valence-electron chi connectivity index (χ3n) is 1.21. The van der Waals surface area contributed by atoms with E-state index in [1.807, 2.05) is 0 Å². The van der Waals surface area contributed by atoms with Crippen molar-refractivity contribution in [3.05, 3.63) is 11.1 Å². The van der Waals surface area contributed by atoms with Crippen LogP contribution in [0.4, 0.5) is 5.13 Å².